The number of ketones is 1. The molecule has 9 heteroatoms. The number of hydrogen-bond donors (Lipinski definition) is 3. The Morgan fingerprint density at radius 1 is 1.15 bits per heavy atom. The number of urea groups is 1. The second-order valence-electron chi connectivity index (χ2n) is 9.03. The van der Waals surface area contributed by atoms with Crippen LogP contribution in [0.2, 0.25) is 5.02 Å². The highest BCUT2D eigenvalue weighted by atomic mass is 35.5. The molecule has 2 aromatic carbocycles. The van der Waals surface area contributed by atoms with Gasteiger partial charge in [-0.15, -0.1) is 0 Å². The summed E-state index contributed by atoms with van der Waals surface area (Å²) in [4.78, 5) is 40.1. The van der Waals surface area contributed by atoms with E-state index in [0.29, 0.717) is 34.0 Å². The third kappa shape index (κ3) is 4.03. The van der Waals surface area contributed by atoms with Crippen molar-refractivity contribution in [1.82, 2.24) is 9.47 Å². The average Bonchev–Trinajstić information content (AvgIpc) is 3.32. The zero-order valence-electron chi connectivity index (χ0n) is 18.4. The molecule has 1 aliphatic carbocycles. The number of Topliss-reactive ketones (excluding diaryl/α,β-unsaturated/α-hetero) is 1. The summed E-state index contributed by atoms with van der Waals surface area (Å²) < 4.78 is 1.29. The fraction of sp³-hybridized carbons (Fsp3) is 0.320. The number of anilines is 1. The number of aliphatic hydroxyl groups excluding tert-OH is 1. The van der Waals surface area contributed by atoms with E-state index in [9.17, 15) is 19.5 Å². The highest BCUT2D eigenvalue weighted by Crippen LogP contribution is 2.49. The number of nitrogens with one attached hydrogen (secondary N) is 1. The molecule has 0 unspecified atom stereocenters. The lowest BCUT2D eigenvalue weighted by atomic mass is 9.91. The summed E-state index contributed by atoms with van der Waals surface area (Å²) in [6.45, 7) is -0.190. The normalized spacial score (nSPS) is 21.8. The first-order valence-electron chi connectivity index (χ1n) is 11.3. The number of nitrogens with zero attached hydrogens (tertiary/aromatic N) is 2. The largest absolute Gasteiger partial charge is 0.396 e. The molecule has 0 radical (unpaired) electrons. The first-order chi connectivity index (χ1) is 16.4. The Morgan fingerprint density at radius 3 is 2.68 bits per heavy atom. The Balaban J connectivity index is 1.35. The molecule has 4 atom stereocenters. The first-order valence-corrected chi connectivity index (χ1v) is 11.6. The minimum atomic E-state index is -0.649. The summed E-state index contributed by atoms with van der Waals surface area (Å²) in [7, 11) is 0. The molecule has 0 bridgehead atoms. The van der Waals surface area contributed by atoms with Crippen molar-refractivity contribution in [1.29, 1.82) is 0 Å². The molecule has 1 aliphatic heterocycles. The SMILES string of the molecule is NC(=O)n1cc(NC(=O)N2[C@@H]3C[C@@H]3C[C@H]2C(=O)C[C@H](CO)c2cccc(Cl)c2)c2ccccc21. The Labute approximate surface area is 201 Å². The quantitative estimate of drug-likeness (QED) is 0.495. The number of rotatable bonds is 6. The van der Waals surface area contributed by atoms with Crippen LogP contribution in [0.25, 0.3) is 10.9 Å². The third-order valence-electron chi connectivity index (χ3n) is 6.89. The zero-order chi connectivity index (χ0) is 24.0. The van der Waals surface area contributed by atoms with Gasteiger partial charge in [0.25, 0.3) is 0 Å². The number of aliphatic hydroxyl groups is 1. The van der Waals surface area contributed by atoms with Crippen LogP contribution >= 0.6 is 11.6 Å². The van der Waals surface area contributed by atoms with Crippen LogP contribution in [-0.4, -0.2) is 51.1 Å². The summed E-state index contributed by atoms with van der Waals surface area (Å²) in [5.41, 5.74) is 7.33. The van der Waals surface area contributed by atoms with Crippen molar-refractivity contribution in [3.8, 4) is 0 Å². The van der Waals surface area contributed by atoms with Gasteiger partial charge in [0.1, 0.15) is 0 Å². The topological polar surface area (TPSA) is 118 Å². The number of benzene rings is 2. The maximum absolute atomic E-state index is 13.3. The number of para-hydroxylation sites is 1. The molecule has 3 aromatic rings. The third-order valence-corrected chi connectivity index (χ3v) is 7.12. The van der Waals surface area contributed by atoms with Gasteiger partial charge in [0.15, 0.2) is 5.78 Å². The van der Waals surface area contributed by atoms with Crippen LogP contribution in [0.1, 0.15) is 30.7 Å². The van der Waals surface area contributed by atoms with Crippen molar-refractivity contribution >= 4 is 46.0 Å². The van der Waals surface area contributed by atoms with E-state index >= 15 is 0 Å². The molecule has 1 saturated carbocycles. The molecular weight excluding hydrogens is 456 g/mol. The van der Waals surface area contributed by atoms with Crippen LogP contribution in [0, 0.1) is 5.92 Å². The predicted octanol–water partition coefficient (Wildman–Crippen LogP) is 3.95. The molecule has 2 aliphatic rings. The zero-order valence-corrected chi connectivity index (χ0v) is 19.1. The number of aromatic nitrogens is 1. The minimum Gasteiger partial charge on any atom is -0.396 e. The fourth-order valence-corrected chi connectivity index (χ4v) is 5.30. The average molecular weight is 481 g/mol. The van der Waals surface area contributed by atoms with E-state index in [0.717, 1.165) is 12.0 Å². The van der Waals surface area contributed by atoms with E-state index in [-0.39, 0.29) is 36.8 Å². The van der Waals surface area contributed by atoms with Crippen molar-refractivity contribution in [2.45, 2.75) is 37.3 Å². The van der Waals surface area contributed by atoms with Crippen molar-refractivity contribution in [2.24, 2.45) is 11.7 Å². The summed E-state index contributed by atoms with van der Waals surface area (Å²) in [6.07, 6.45) is 3.11. The minimum absolute atomic E-state index is 0.0252. The Morgan fingerprint density at radius 2 is 1.94 bits per heavy atom. The van der Waals surface area contributed by atoms with E-state index in [4.69, 9.17) is 17.3 Å². The monoisotopic (exact) mass is 480 g/mol. The molecular formula is C25H25ClN4O4. The number of halogens is 1. The van der Waals surface area contributed by atoms with Gasteiger partial charge in [-0.25, -0.2) is 9.59 Å². The number of amides is 3. The number of piperidine rings is 1. The first kappa shape index (κ1) is 22.4. The highest BCUT2D eigenvalue weighted by Gasteiger charge is 2.56. The lowest BCUT2D eigenvalue weighted by Crippen LogP contribution is -2.45. The molecule has 0 spiro atoms. The van der Waals surface area contributed by atoms with E-state index in [1.54, 1.807) is 41.3 Å². The Kier molecular flexibility index (Phi) is 5.79. The van der Waals surface area contributed by atoms with E-state index < -0.39 is 12.1 Å². The van der Waals surface area contributed by atoms with Crippen LogP contribution in [0.15, 0.2) is 54.7 Å². The maximum Gasteiger partial charge on any atom is 0.323 e. The lowest BCUT2D eigenvalue weighted by molar-refractivity contribution is -0.123. The van der Waals surface area contributed by atoms with Crippen LogP contribution in [0.3, 0.4) is 0 Å². The van der Waals surface area contributed by atoms with Crippen LogP contribution < -0.4 is 11.1 Å². The van der Waals surface area contributed by atoms with Gasteiger partial charge in [-0.1, -0.05) is 41.9 Å². The van der Waals surface area contributed by atoms with Gasteiger partial charge in [-0.05, 0) is 42.5 Å². The van der Waals surface area contributed by atoms with E-state index in [2.05, 4.69) is 5.32 Å². The molecule has 5 rings (SSSR count). The number of carbonyl (C=O) groups excluding carboxylic acids is 3. The Hall–Kier alpha value is -3.36. The second kappa shape index (κ2) is 8.77. The number of primary amides is 1. The number of fused-ring (bicyclic) bond motifs is 2. The van der Waals surface area contributed by atoms with Crippen molar-refractivity contribution in [3.05, 3.63) is 65.3 Å². The van der Waals surface area contributed by atoms with Gasteiger partial charge < -0.3 is 21.1 Å². The summed E-state index contributed by atoms with van der Waals surface area (Å²) >= 11 is 6.08. The van der Waals surface area contributed by atoms with Crippen LogP contribution in [-0.2, 0) is 4.79 Å². The van der Waals surface area contributed by atoms with Gasteiger partial charge in [0, 0.05) is 35.0 Å². The standard InChI is InChI=1S/C25H25ClN4O4/c26-17-5-3-4-14(8-17)16(13-31)11-23(32)22-10-15-9-21(15)30(22)25(34)28-19-12-29(24(27)33)20-7-2-1-6-18(19)20/h1-8,12,15-16,21-22,31H,9-11,13H2,(H2,27,33)(H,28,34)/t15-,16-,21-,22+/m1/s1. The van der Waals surface area contributed by atoms with E-state index in [1.807, 2.05) is 12.1 Å². The number of nitrogens with two attached hydrogens (primary N) is 1. The maximum atomic E-state index is 13.3. The molecule has 34 heavy (non-hydrogen) atoms. The number of likely N-dealkylation sites (tertiary alicyclic amines) is 1. The van der Waals surface area contributed by atoms with Gasteiger partial charge in [-0.2, -0.15) is 0 Å². The van der Waals surface area contributed by atoms with Crippen molar-refractivity contribution in [2.75, 3.05) is 11.9 Å². The number of hydrogen-bond acceptors (Lipinski definition) is 4. The molecule has 3 amide bonds. The molecule has 2 heterocycles. The molecule has 4 N–H and O–H groups in total. The fourth-order valence-electron chi connectivity index (χ4n) is 5.10. The van der Waals surface area contributed by atoms with Gasteiger partial charge >= 0.3 is 12.1 Å². The molecule has 2 fully saturated rings. The van der Waals surface area contributed by atoms with Crippen molar-refractivity contribution < 1.29 is 19.5 Å². The van der Waals surface area contributed by atoms with E-state index in [1.165, 1.54) is 10.8 Å². The molecule has 1 saturated heterocycles. The predicted molar refractivity (Wildman–Crippen MR) is 129 cm³/mol. The second-order valence-corrected chi connectivity index (χ2v) is 9.46. The summed E-state index contributed by atoms with van der Waals surface area (Å²) in [5, 5.41) is 14.0. The molecule has 1 aromatic heterocycles. The molecule has 8 nitrogen and oxygen atoms in total. The summed E-state index contributed by atoms with van der Waals surface area (Å²) in [6, 6.07) is 12.7. The van der Waals surface area contributed by atoms with Gasteiger partial charge in [-0.3, -0.25) is 9.36 Å². The lowest BCUT2D eigenvalue weighted by Gasteiger charge is -2.28. The highest BCUT2D eigenvalue weighted by molar-refractivity contribution is 6.30. The van der Waals surface area contributed by atoms with Crippen molar-refractivity contribution in [3.63, 3.8) is 0 Å². The summed E-state index contributed by atoms with van der Waals surface area (Å²) in [5.74, 6) is -0.159. The van der Waals surface area contributed by atoms with Gasteiger partial charge in [0.2, 0.25) is 0 Å². The van der Waals surface area contributed by atoms with Gasteiger partial charge in [0.05, 0.1) is 23.9 Å². The molecule has 176 valence electrons. The smallest absolute Gasteiger partial charge is 0.323 e. The van der Waals surface area contributed by atoms with Crippen LogP contribution in [0.5, 0.6) is 0 Å². The Bertz CT molecular complexity index is 1290. The van der Waals surface area contributed by atoms with Crippen LogP contribution in [0.4, 0.5) is 15.3 Å². The number of carbonyl (C=O) groups is 3.